The van der Waals surface area contributed by atoms with Gasteiger partial charge >= 0.3 is 5.97 Å². The number of benzene rings is 1. The van der Waals surface area contributed by atoms with Crippen molar-refractivity contribution >= 4 is 61.9 Å². The van der Waals surface area contributed by atoms with Crippen LogP contribution in [-0.4, -0.2) is 51.3 Å². The van der Waals surface area contributed by atoms with Crippen molar-refractivity contribution in [2.75, 3.05) is 12.3 Å². The zero-order chi connectivity index (χ0) is 27.8. The largest absolute Gasteiger partial charge is 0.477 e. The summed E-state index contributed by atoms with van der Waals surface area (Å²) in [7, 11) is -3.69. The van der Waals surface area contributed by atoms with E-state index in [0.29, 0.717) is 16.6 Å². The molecule has 1 saturated carbocycles. The topological polar surface area (TPSA) is 160 Å². The van der Waals surface area contributed by atoms with Crippen LogP contribution in [0.4, 0.5) is 5.69 Å². The van der Waals surface area contributed by atoms with Crippen molar-refractivity contribution in [1.29, 1.82) is 0 Å². The van der Waals surface area contributed by atoms with Crippen LogP contribution in [0.3, 0.4) is 0 Å². The normalized spacial score (nSPS) is 13.8. The van der Waals surface area contributed by atoms with E-state index in [4.69, 9.17) is 34.0 Å². The van der Waals surface area contributed by atoms with Gasteiger partial charge in [-0.15, -0.1) is 11.3 Å². The Balaban J connectivity index is 0.000000188. The van der Waals surface area contributed by atoms with Crippen molar-refractivity contribution in [2.45, 2.75) is 42.4 Å². The fourth-order valence-electron chi connectivity index (χ4n) is 3.51. The van der Waals surface area contributed by atoms with E-state index >= 15 is 0 Å². The van der Waals surface area contributed by atoms with Crippen LogP contribution < -0.4 is 10.5 Å². The fourth-order valence-corrected chi connectivity index (χ4v) is 6.61. The molecule has 4 aromatic rings. The molecule has 0 saturated heterocycles. The summed E-state index contributed by atoms with van der Waals surface area (Å²) in [5.41, 5.74) is 7.96. The Labute approximate surface area is 233 Å². The monoisotopic (exact) mass is 597 g/mol. The molecule has 1 aliphatic carbocycles. The van der Waals surface area contributed by atoms with Gasteiger partial charge in [-0.2, -0.15) is 5.10 Å². The maximum Gasteiger partial charge on any atom is 0.341 e. The van der Waals surface area contributed by atoms with Crippen LogP contribution >= 0.6 is 34.5 Å². The Morgan fingerprint density at radius 1 is 1.24 bits per heavy atom. The molecule has 10 nitrogen and oxygen atoms in total. The van der Waals surface area contributed by atoms with Gasteiger partial charge in [-0.05, 0) is 51.0 Å². The van der Waals surface area contributed by atoms with Crippen molar-refractivity contribution in [1.82, 2.24) is 19.3 Å². The molecule has 1 fully saturated rings. The molecule has 0 spiro atoms. The minimum absolute atomic E-state index is 0.0384. The number of fused-ring (bicyclic) bond motifs is 1. The number of aromatic nitrogens is 3. The summed E-state index contributed by atoms with van der Waals surface area (Å²) in [6, 6.07) is 10.7. The van der Waals surface area contributed by atoms with Gasteiger partial charge in [0, 0.05) is 22.2 Å². The minimum atomic E-state index is -3.69. The van der Waals surface area contributed by atoms with Crippen LogP contribution in [0.1, 0.15) is 48.7 Å². The SMILES string of the molecule is CC(C)(CO)NS(=O)(=O)c1cc(N)c(Cl)s1.O=C(O)c1cnn2c(C3CC3)cc(-c3ccc(Cl)cc3)nc12. The van der Waals surface area contributed by atoms with E-state index in [1.165, 1.54) is 12.3 Å². The number of nitrogens with two attached hydrogens (primary N) is 1. The molecule has 0 bridgehead atoms. The molecular formula is C24H25Cl2N5O5S2. The van der Waals surface area contributed by atoms with E-state index in [1.807, 2.05) is 18.2 Å². The summed E-state index contributed by atoms with van der Waals surface area (Å²) in [6.07, 6.45) is 3.56. The third-order valence-corrected chi connectivity index (χ3v) is 9.44. The zero-order valence-electron chi connectivity index (χ0n) is 20.4. The molecule has 0 amide bonds. The van der Waals surface area contributed by atoms with Gasteiger partial charge in [-0.1, -0.05) is 35.3 Å². The molecule has 0 aliphatic heterocycles. The van der Waals surface area contributed by atoms with Crippen LogP contribution in [0.15, 0.2) is 46.8 Å². The van der Waals surface area contributed by atoms with E-state index in [-0.39, 0.29) is 26.4 Å². The number of sulfonamides is 1. The highest BCUT2D eigenvalue weighted by Crippen LogP contribution is 2.41. The second-order valence-corrected chi connectivity index (χ2v) is 13.4. The highest BCUT2D eigenvalue weighted by Gasteiger charge is 2.29. The molecule has 3 aromatic heterocycles. The van der Waals surface area contributed by atoms with Gasteiger partial charge in [-0.3, -0.25) is 0 Å². The highest BCUT2D eigenvalue weighted by molar-refractivity contribution is 7.91. The smallest absolute Gasteiger partial charge is 0.341 e. The standard InChI is InChI=1S/C16H12ClN3O2.C8H13ClN2O3S2/c17-11-5-3-9(4-6-11)13-7-14(10-1-2-10)20-15(19-13)12(8-18-20)16(21)22;1-8(2,4-12)11-16(13,14)6-3-5(10)7(9)15-6/h3-8,10H,1-2H2,(H,21,22);3,11-12H,4,10H2,1-2H3. The zero-order valence-corrected chi connectivity index (χ0v) is 23.5. The second-order valence-electron chi connectivity index (χ2n) is 9.39. The van der Waals surface area contributed by atoms with Crippen LogP contribution in [-0.2, 0) is 10.0 Å². The third kappa shape index (κ3) is 6.28. The fraction of sp³-hybridized carbons (Fsp3) is 0.292. The summed E-state index contributed by atoms with van der Waals surface area (Å²) in [4.78, 5) is 15.9. The molecule has 3 heterocycles. The van der Waals surface area contributed by atoms with Crippen molar-refractivity contribution in [2.24, 2.45) is 0 Å². The number of hydrogen-bond donors (Lipinski definition) is 4. The maximum absolute atomic E-state index is 11.8. The van der Waals surface area contributed by atoms with Gasteiger partial charge in [0.25, 0.3) is 10.0 Å². The first-order valence-electron chi connectivity index (χ1n) is 11.4. The molecule has 1 aromatic carbocycles. The average molecular weight is 599 g/mol. The summed E-state index contributed by atoms with van der Waals surface area (Å²) < 4.78 is 28.0. The molecule has 5 N–H and O–H groups in total. The summed E-state index contributed by atoms with van der Waals surface area (Å²) in [5, 5.41) is 23.2. The van der Waals surface area contributed by atoms with Crippen LogP contribution in [0.2, 0.25) is 9.36 Å². The highest BCUT2D eigenvalue weighted by atomic mass is 35.5. The number of thiophene rings is 1. The quantitative estimate of drug-likeness (QED) is 0.239. The van der Waals surface area contributed by atoms with Crippen molar-refractivity contribution in [3.8, 4) is 11.3 Å². The first-order valence-corrected chi connectivity index (χ1v) is 14.4. The summed E-state index contributed by atoms with van der Waals surface area (Å²) in [6.45, 7) is 2.84. The van der Waals surface area contributed by atoms with Gasteiger partial charge in [0.2, 0.25) is 0 Å². The lowest BCUT2D eigenvalue weighted by atomic mass is 10.1. The van der Waals surface area contributed by atoms with Gasteiger partial charge in [0.15, 0.2) is 5.65 Å². The van der Waals surface area contributed by atoms with Gasteiger partial charge in [-0.25, -0.2) is 27.4 Å². The number of nitrogen functional groups attached to an aromatic ring is 1. The number of anilines is 1. The van der Waals surface area contributed by atoms with Gasteiger partial charge in [0.1, 0.15) is 14.1 Å². The number of rotatable bonds is 7. The van der Waals surface area contributed by atoms with E-state index in [1.54, 1.807) is 30.5 Å². The number of aliphatic hydroxyl groups excluding tert-OH is 1. The Hall–Kier alpha value is -2.74. The van der Waals surface area contributed by atoms with Crippen molar-refractivity contribution in [3.63, 3.8) is 0 Å². The molecular weight excluding hydrogens is 573 g/mol. The lowest BCUT2D eigenvalue weighted by Crippen LogP contribution is -2.45. The number of nitrogens with one attached hydrogen (secondary N) is 1. The van der Waals surface area contributed by atoms with Crippen LogP contribution in [0, 0.1) is 0 Å². The summed E-state index contributed by atoms with van der Waals surface area (Å²) >= 11 is 12.5. The molecule has 5 rings (SSSR count). The molecule has 202 valence electrons. The number of carboxylic acid groups (broad SMARTS) is 1. The number of nitrogens with zero attached hydrogens (tertiary/aromatic N) is 3. The predicted molar refractivity (Wildman–Crippen MR) is 148 cm³/mol. The second kappa shape index (κ2) is 10.8. The molecule has 14 heteroatoms. The van der Waals surface area contributed by atoms with Gasteiger partial charge < -0.3 is 15.9 Å². The lowest BCUT2D eigenvalue weighted by molar-refractivity contribution is 0.0698. The predicted octanol–water partition coefficient (Wildman–Crippen LogP) is 4.66. The summed E-state index contributed by atoms with van der Waals surface area (Å²) in [5.74, 6) is -0.587. The number of hydrogen-bond acceptors (Lipinski definition) is 8. The Bertz CT molecular complexity index is 1580. The number of carbonyl (C=O) groups is 1. The van der Waals surface area contributed by atoms with E-state index < -0.39 is 21.5 Å². The van der Waals surface area contributed by atoms with E-state index in [9.17, 15) is 18.3 Å². The van der Waals surface area contributed by atoms with Gasteiger partial charge in [0.05, 0.1) is 29.7 Å². The first kappa shape index (κ1) is 28.3. The van der Waals surface area contributed by atoms with Crippen LogP contribution in [0.5, 0.6) is 0 Å². The molecule has 38 heavy (non-hydrogen) atoms. The Kier molecular flexibility index (Phi) is 8.03. The van der Waals surface area contributed by atoms with Crippen LogP contribution in [0.25, 0.3) is 16.9 Å². The van der Waals surface area contributed by atoms with E-state index in [2.05, 4.69) is 14.8 Å². The lowest BCUT2D eigenvalue weighted by Gasteiger charge is -2.22. The Morgan fingerprint density at radius 3 is 2.42 bits per heavy atom. The average Bonchev–Trinajstić information content (AvgIpc) is 3.51. The molecule has 0 unspecified atom stereocenters. The minimum Gasteiger partial charge on any atom is -0.477 e. The third-order valence-electron chi connectivity index (χ3n) is 5.63. The van der Waals surface area contributed by atoms with Crippen molar-refractivity contribution in [3.05, 3.63) is 63.2 Å². The number of carboxylic acids is 1. The number of halogens is 2. The maximum atomic E-state index is 11.8. The molecule has 1 aliphatic rings. The number of aliphatic hydroxyl groups is 1. The first-order chi connectivity index (χ1) is 17.8. The number of aromatic carboxylic acids is 1. The van der Waals surface area contributed by atoms with Crippen molar-refractivity contribution < 1.29 is 23.4 Å². The van der Waals surface area contributed by atoms with E-state index in [0.717, 1.165) is 41.1 Å². The Morgan fingerprint density at radius 2 is 1.89 bits per heavy atom. The molecule has 0 atom stereocenters. The molecule has 0 radical (unpaired) electrons.